The molecule has 0 bridgehead atoms. The van der Waals surface area contributed by atoms with Crippen LogP contribution in [0.2, 0.25) is 0 Å². The van der Waals surface area contributed by atoms with Crippen molar-refractivity contribution in [2.75, 3.05) is 0 Å². The molecule has 0 aliphatic carbocycles. The van der Waals surface area contributed by atoms with Crippen molar-refractivity contribution >= 4 is 16.9 Å². The Balaban J connectivity index is 1.89. The van der Waals surface area contributed by atoms with Gasteiger partial charge in [0.1, 0.15) is 29.6 Å². The Morgan fingerprint density at radius 1 is 1.20 bits per heavy atom. The molecule has 25 heavy (non-hydrogen) atoms. The first-order chi connectivity index (χ1) is 11.8. The van der Waals surface area contributed by atoms with Crippen molar-refractivity contribution < 1.29 is 39.1 Å². The summed E-state index contributed by atoms with van der Waals surface area (Å²) in [5, 5.41) is 37.4. The van der Waals surface area contributed by atoms with E-state index in [1.807, 2.05) is 0 Å². The zero-order chi connectivity index (χ0) is 18.3. The molecule has 9 nitrogen and oxygen atoms in total. The first-order valence-corrected chi connectivity index (χ1v) is 7.46. The summed E-state index contributed by atoms with van der Waals surface area (Å²) in [7, 11) is 0. The average molecular weight is 354 g/mol. The van der Waals surface area contributed by atoms with E-state index in [-0.39, 0.29) is 11.3 Å². The monoisotopic (exact) mass is 354 g/mol. The fourth-order valence-corrected chi connectivity index (χ4v) is 2.68. The van der Waals surface area contributed by atoms with Gasteiger partial charge in [0.2, 0.25) is 6.29 Å². The van der Waals surface area contributed by atoms with E-state index < -0.39 is 42.3 Å². The minimum atomic E-state index is -1.68. The molecule has 1 aliphatic heterocycles. The molecule has 1 fully saturated rings. The summed E-state index contributed by atoms with van der Waals surface area (Å²) >= 11 is 0. The number of aliphatic hydroxyl groups is 3. The highest BCUT2D eigenvalue weighted by molar-refractivity contribution is 5.81. The molecule has 0 unspecified atom stereocenters. The highest BCUT2D eigenvalue weighted by atomic mass is 16.7. The molecule has 1 aromatic carbocycles. The molecule has 1 aliphatic rings. The Morgan fingerprint density at radius 2 is 1.92 bits per heavy atom. The van der Waals surface area contributed by atoms with Crippen molar-refractivity contribution in [1.29, 1.82) is 0 Å². The van der Waals surface area contributed by atoms with Crippen molar-refractivity contribution in [3.05, 3.63) is 40.2 Å². The minimum Gasteiger partial charge on any atom is -0.522 e. The summed E-state index contributed by atoms with van der Waals surface area (Å²) in [6.45, 7) is 1.75. The van der Waals surface area contributed by atoms with Crippen LogP contribution in [0.3, 0.4) is 0 Å². The lowest BCUT2D eigenvalue weighted by Crippen LogP contribution is -2.61. The summed E-state index contributed by atoms with van der Waals surface area (Å²) in [6, 6.07) is 5.96. The number of carbonyl (C=O) groups excluding carboxylic acids is 1. The molecule has 134 valence electrons. The van der Waals surface area contributed by atoms with Crippen molar-refractivity contribution in [1.82, 2.24) is 0 Å². The molecular formula is C16H18O9+2. The topological polar surface area (TPSA) is 154 Å². The van der Waals surface area contributed by atoms with Crippen LogP contribution in [0, 0.1) is 6.92 Å². The average Bonchev–Trinajstić information content (AvgIpc) is 2.54. The molecule has 2 heterocycles. The lowest BCUT2D eigenvalue weighted by atomic mass is 9.99. The Kier molecular flexibility index (Phi) is 4.48. The number of aliphatic hydroxyl groups excluding tert-OH is 3. The third-order valence-electron chi connectivity index (χ3n) is 4.01. The summed E-state index contributed by atoms with van der Waals surface area (Å²) in [5.41, 5.74) is 0.461. The Morgan fingerprint density at radius 3 is 2.60 bits per heavy atom. The van der Waals surface area contributed by atoms with Gasteiger partial charge in [0.15, 0.2) is 0 Å². The van der Waals surface area contributed by atoms with Crippen molar-refractivity contribution in [2.24, 2.45) is 0 Å². The first-order valence-electron chi connectivity index (χ1n) is 7.46. The Labute approximate surface area is 140 Å². The van der Waals surface area contributed by atoms with Crippen LogP contribution in [-0.2, 0) is 4.74 Å². The second kappa shape index (κ2) is 6.45. The van der Waals surface area contributed by atoms with E-state index >= 15 is 0 Å². The van der Waals surface area contributed by atoms with E-state index in [0.29, 0.717) is 5.39 Å². The molecule has 5 atom stereocenters. The van der Waals surface area contributed by atoms with Gasteiger partial charge in [0, 0.05) is 17.5 Å². The quantitative estimate of drug-likeness (QED) is 0.448. The molecule has 0 amide bonds. The summed E-state index contributed by atoms with van der Waals surface area (Å²) < 4.78 is 15.7. The van der Waals surface area contributed by atoms with Crippen molar-refractivity contribution in [3.8, 4) is 5.75 Å². The SMILES string of the molecule is Cc1cc(=O)oc2cc(O[C@@H]3O[C@H](C(=[OH+])[OH2+])[C@@H](O)[C@H](O)[C@H]3O)ccc12. The van der Waals surface area contributed by atoms with Gasteiger partial charge in [-0.15, -0.1) is 0 Å². The molecule has 0 saturated carbocycles. The molecule has 1 saturated heterocycles. The molecule has 0 spiro atoms. The number of hydrogen-bond acceptors (Lipinski definition) is 7. The van der Waals surface area contributed by atoms with E-state index in [2.05, 4.69) is 0 Å². The summed E-state index contributed by atoms with van der Waals surface area (Å²) in [4.78, 5) is 20.7. The lowest BCUT2D eigenvalue weighted by molar-refractivity contribution is -0.260. The molecule has 2 aromatic rings. The van der Waals surface area contributed by atoms with Crippen LogP contribution >= 0.6 is 0 Å². The van der Waals surface area contributed by atoms with Gasteiger partial charge in [-0.1, -0.05) is 0 Å². The first kappa shape index (κ1) is 17.4. The third kappa shape index (κ3) is 3.22. The van der Waals surface area contributed by atoms with Crippen LogP contribution in [0.4, 0.5) is 0 Å². The predicted molar refractivity (Wildman–Crippen MR) is 85.1 cm³/mol. The van der Waals surface area contributed by atoms with E-state index in [0.717, 1.165) is 5.56 Å². The zero-order valence-corrected chi connectivity index (χ0v) is 13.1. The van der Waals surface area contributed by atoms with Crippen LogP contribution in [0.1, 0.15) is 5.56 Å². The maximum Gasteiger partial charge on any atom is 0.655 e. The molecule has 1 aromatic heterocycles. The fraction of sp³-hybridized carbons (Fsp3) is 0.375. The van der Waals surface area contributed by atoms with Crippen molar-refractivity contribution in [3.63, 3.8) is 0 Å². The van der Waals surface area contributed by atoms with Crippen LogP contribution in [0.15, 0.2) is 33.5 Å². The number of ether oxygens (including phenoxy) is 2. The zero-order valence-electron chi connectivity index (χ0n) is 13.1. The predicted octanol–water partition coefficient (Wildman–Crippen LogP) is -1.49. The summed E-state index contributed by atoms with van der Waals surface area (Å²) in [5.74, 6) is -0.843. The highest BCUT2D eigenvalue weighted by Gasteiger charge is 2.53. The van der Waals surface area contributed by atoms with E-state index in [1.165, 1.54) is 12.1 Å². The van der Waals surface area contributed by atoms with Gasteiger partial charge < -0.3 is 34.3 Å². The maximum absolute atomic E-state index is 11.5. The van der Waals surface area contributed by atoms with Gasteiger partial charge in [0.25, 0.3) is 0 Å². The number of fused-ring (bicyclic) bond motifs is 1. The van der Waals surface area contributed by atoms with Gasteiger partial charge in [-0.2, -0.15) is 0 Å². The number of hydrogen-bond donors (Lipinski definition) is 3. The maximum atomic E-state index is 11.5. The van der Waals surface area contributed by atoms with E-state index in [1.54, 1.807) is 19.1 Å². The molecular weight excluding hydrogens is 336 g/mol. The number of rotatable bonds is 3. The standard InChI is InChI=1S/C16H16O9/c1-6-4-10(17)24-9-5-7(2-3-8(6)9)23-16-13(20)11(18)12(19)14(25-16)15(21)22/h2-5,11-14,16,18-20H,1H3,(H,21,22)/p+2/t11-,12-,13+,14-,16+/m0/s1. The van der Waals surface area contributed by atoms with E-state index in [4.69, 9.17) is 19.0 Å². The number of aryl methyl sites for hydroxylation is 1. The fourth-order valence-electron chi connectivity index (χ4n) is 2.68. The molecule has 0 radical (unpaired) electrons. The van der Waals surface area contributed by atoms with Crippen LogP contribution in [0.5, 0.6) is 5.75 Å². The normalized spacial score (nSPS) is 29.5. The van der Waals surface area contributed by atoms with Gasteiger partial charge >= 0.3 is 17.7 Å². The third-order valence-corrected chi connectivity index (χ3v) is 4.01. The number of benzene rings is 1. The van der Waals surface area contributed by atoms with Gasteiger partial charge in [-0.05, 0) is 24.6 Å². The second-order valence-electron chi connectivity index (χ2n) is 5.81. The Bertz CT molecular complexity index is 858. The minimum absolute atomic E-state index is 0.164. The van der Waals surface area contributed by atoms with Crippen LogP contribution < -0.4 is 10.4 Å². The summed E-state index contributed by atoms with van der Waals surface area (Å²) in [6.07, 6.45) is -7.97. The largest absolute Gasteiger partial charge is 0.655 e. The van der Waals surface area contributed by atoms with Gasteiger partial charge in [0.05, 0.1) is 0 Å². The van der Waals surface area contributed by atoms with Crippen LogP contribution in [0.25, 0.3) is 11.0 Å². The molecule has 6 N–H and O–H groups in total. The Hall–Kier alpha value is -2.46. The van der Waals surface area contributed by atoms with Crippen molar-refractivity contribution in [2.45, 2.75) is 37.6 Å². The lowest BCUT2D eigenvalue weighted by Gasteiger charge is -2.36. The smallest absolute Gasteiger partial charge is 0.522 e. The van der Waals surface area contributed by atoms with Gasteiger partial charge in [-0.25, -0.2) is 9.59 Å². The van der Waals surface area contributed by atoms with E-state index in [9.17, 15) is 24.9 Å². The van der Waals surface area contributed by atoms with Crippen LogP contribution in [-0.4, -0.2) is 61.9 Å². The molecule has 3 rings (SSSR count). The second-order valence-corrected chi connectivity index (χ2v) is 5.81. The van der Waals surface area contributed by atoms with Gasteiger partial charge in [-0.3, -0.25) is 0 Å². The molecule has 9 heteroatoms. The highest BCUT2D eigenvalue weighted by Crippen LogP contribution is 2.27.